The highest BCUT2D eigenvalue weighted by atomic mass is 16.4. The van der Waals surface area contributed by atoms with E-state index in [1.54, 1.807) is 0 Å². The minimum Gasteiger partial charge on any atom is -0.481 e. The maximum atomic E-state index is 12.8. The van der Waals surface area contributed by atoms with E-state index in [-0.39, 0.29) is 40.1 Å². The van der Waals surface area contributed by atoms with Gasteiger partial charge in [-0.1, -0.05) is 53.2 Å². The van der Waals surface area contributed by atoms with Crippen LogP contribution in [-0.2, 0) is 4.79 Å². The quantitative estimate of drug-likeness (QED) is 0.402. The molecular formula is C30H48O5. The highest BCUT2D eigenvalue weighted by molar-refractivity contribution is 5.76. The summed E-state index contributed by atoms with van der Waals surface area (Å²) in [5.41, 5.74) is -0.0632. The van der Waals surface area contributed by atoms with Gasteiger partial charge in [0.25, 0.3) is 0 Å². The Balaban J connectivity index is 1.61. The molecule has 5 rings (SSSR count). The van der Waals surface area contributed by atoms with Crippen molar-refractivity contribution in [1.29, 1.82) is 0 Å². The number of aliphatic carboxylic acids is 1. The maximum Gasteiger partial charge on any atom is 0.310 e. The topological polar surface area (TPSA) is 98.0 Å². The minimum absolute atomic E-state index is 0.00698. The first-order valence-corrected chi connectivity index (χ1v) is 14.0. The first-order chi connectivity index (χ1) is 16.1. The van der Waals surface area contributed by atoms with Gasteiger partial charge in [-0.2, -0.15) is 0 Å². The van der Waals surface area contributed by atoms with Gasteiger partial charge in [-0.05, 0) is 97.2 Å². The molecule has 5 aliphatic rings. The highest BCUT2D eigenvalue weighted by Crippen LogP contribution is 2.75. The van der Waals surface area contributed by atoms with E-state index in [0.29, 0.717) is 12.3 Å². The lowest BCUT2D eigenvalue weighted by Crippen LogP contribution is -2.68. The third-order valence-electron chi connectivity index (χ3n) is 13.2. The van der Waals surface area contributed by atoms with Crippen molar-refractivity contribution >= 4 is 5.97 Å². The van der Waals surface area contributed by atoms with E-state index in [2.05, 4.69) is 40.7 Å². The summed E-state index contributed by atoms with van der Waals surface area (Å²) in [6.45, 7) is 13.6. The van der Waals surface area contributed by atoms with Crippen LogP contribution in [0.3, 0.4) is 0 Å². The largest absolute Gasteiger partial charge is 0.481 e. The predicted molar refractivity (Wildman–Crippen MR) is 135 cm³/mol. The van der Waals surface area contributed by atoms with E-state index in [1.807, 2.05) is 6.92 Å². The number of hydrogen-bond donors (Lipinski definition) is 4. The zero-order chi connectivity index (χ0) is 25.8. The Morgan fingerprint density at radius 2 is 1.60 bits per heavy atom. The molecule has 198 valence electrons. The summed E-state index contributed by atoms with van der Waals surface area (Å²) in [6, 6.07) is 0. The van der Waals surface area contributed by atoms with Crippen molar-refractivity contribution in [1.82, 2.24) is 0 Å². The smallest absolute Gasteiger partial charge is 0.310 e. The second kappa shape index (κ2) is 7.57. The van der Waals surface area contributed by atoms with E-state index in [4.69, 9.17) is 0 Å². The van der Waals surface area contributed by atoms with Gasteiger partial charge in [-0.15, -0.1) is 0 Å². The van der Waals surface area contributed by atoms with Crippen LogP contribution in [0, 0.1) is 50.2 Å². The summed E-state index contributed by atoms with van der Waals surface area (Å²) in [5, 5.41) is 42.8. The van der Waals surface area contributed by atoms with Gasteiger partial charge in [-0.3, -0.25) is 4.79 Å². The number of carboxylic acids is 1. The van der Waals surface area contributed by atoms with Gasteiger partial charge in [-0.25, -0.2) is 0 Å². The molecule has 0 radical (unpaired) electrons. The van der Waals surface area contributed by atoms with E-state index >= 15 is 0 Å². The lowest BCUT2D eigenvalue weighted by molar-refractivity contribution is -0.243. The molecule has 10 atom stereocenters. The predicted octanol–water partition coefficient (Wildman–Crippen LogP) is 5.18. The number of carbonyl (C=O) groups is 1. The summed E-state index contributed by atoms with van der Waals surface area (Å²) >= 11 is 0. The normalized spacial score (nSPS) is 55.0. The van der Waals surface area contributed by atoms with Crippen LogP contribution in [0.1, 0.15) is 99.3 Å². The van der Waals surface area contributed by atoms with Crippen LogP contribution in [0.15, 0.2) is 11.6 Å². The number of hydrogen-bond acceptors (Lipinski definition) is 4. The molecular weight excluding hydrogens is 440 g/mol. The number of aliphatic hydroxyl groups excluding tert-OH is 3. The lowest BCUT2D eigenvalue weighted by Gasteiger charge is -2.71. The van der Waals surface area contributed by atoms with Crippen molar-refractivity contribution in [2.75, 3.05) is 6.61 Å². The van der Waals surface area contributed by atoms with Gasteiger partial charge in [0.15, 0.2) is 0 Å². The van der Waals surface area contributed by atoms with Crippen LogP contribution < -0.4 is 0 Å². The second-order valence-electron chi connectivity index (χ2n) is 15.1. The average molecular weight is 489 g/mol. The van der Waals surface area contributed by atoms with E-state index in [1.165, 1.54) is 5.57 Å². The molecule has 1 unspecified atom stereocenters. The van der Waals surface area contributed by atoms with Crippen LogP contribution in [0.4, 0.5) is 0 Å². The van der Waals surface area contributed by atoms with Gasteiger partial charge < -0.3 is 20.4 Å². The van der Waals surface area contributed by atoms with Crippen molar-refractivity contribution in [3.05, 3.63) is 11.6 Å². The molecule has 0 saturated heterocycles. The molecule has 0 aromatic carbocycles. The summed E-state index contributed by atoms with van der Waals surface area (Å²) in [4.78, 5) is 12.8. The van der Waals surface area contributed by atoms with Crippen LogP contribution in [0.25, 0.3) is 0 Å². The third-order valence-corrected chi connectivity index (χ3v) is 13.2. The van der Waals surface area contributed by atoms with Crippen LogP contribution in [-0.4, -0.2) is 45.2 Å². The van der Waals surface area contributed by atoms with E-state index < -0.39 is 29.0 Å². The Labute approximate surface area is 211 Å². The summed E-state index contributed by atoms with van der Waals surface area (Å²) in [6.07, 6.45) is 8.40. The molecule has 0 aromatic heterocycles. The van der Waals surface area contributed by atoms with Crippen molar-refractivity contribution in [2.45, 2.75) is 112 Å². The zero-order valence-corrected chi connectivity index (χ0v) is 22.7. The van der Waals surface area contributed by atoms with Gasteiger partial charge in [0, 0.05) is 5.41 Å². The van der Waals surface area contributed by atoms with Crippen molar-refractivity contribution < 1.29 is 25.2 Å². The Morgan fingerprint density at radius 3 is 2.23 bits per heavy atom. The summed E-state index contributed by atoms with van der Waals surface area (Å²) in [7, 11) is 0. The van der Waals surface area contributed by atoms with E-state index in [0.717, 1.165) is 51.4 Å². The van der Waals surface area contributed by atoms with Gasteiger partial charge in [0.1, 0.15) is 0 Å². The number of aliphatic hydroxyl groups is 3. The Bertz CT molecular complexity index is 941. The fraction of sp³-hybridized carbons (Fsp3) is 0.900. The standard InChI is InChI=1S/C30H48O5/c1-25(2)11-13-30(24(34)35)14-12-28(5)18(19(30)15-25)7-8-22-26(3)16-20(32)23(33)27(4,17-31)21(26)9-10-29(22,28)6/h7,19-23,31-33H,8-17H2,1-6H3,(H,34,35)/t19-,20+,21?,22-,23+,26+,27+,28-,29-,30+/m1/s1. The molecule has 4 N–H and O–H groups in total. The molecule has 0 spiro atoms. The highest BCUT2D eigenvalue weighted by Gasteiger charge is 2.70. The second-order valence-corrected chi connectivity index (χ2v) is 15.1. The van der Waals surface area contributed by atoms with Crippen LogP contribution in [0.5, 0.6) is 0 Å². The van der Waals surface area contributed by atoms with Crippen LogP contribution >= 0.6 is 0 Å². The molecule has 5 aliphatic carbocycles. The molecule has 5 heteroatoms. The molecule has 4 fully saturated rings. The van der Waals surface area contributed by atoms with Crippen molar-refractivity contribution in [2.24, 2.45) is 50.2 Å². The van der Waals surface area contributed by atoms with E-state index in [9.17, 15) is 25.2 Å². The van der Waals surface area contributed by atoms with Gasteiger partial charge in [0.2, 0.25) is 0 Å². The number of allylic oxidation sites excluding steroid dienone is 2. The summed E-state index contributed by atoms with van der Waals surface area (Å²) < 4.78 is 0. The number of fused-ring (bicyclic) bond motifs is 7. The Kier molecular flexibility index (Phi) is 5.56. The third kappa shape index (κ3) is 3.07. The monoisotopic (exact) mass is 488 g/mol. The molecule has 0 amide bonds. The molecule has 0 aromatic rings. The van der Waals surface area contributed by atoms with Crippen LogP contribution in [0.2, 0.25) is 0 Å². The first kappa shape index (κ1) is 25.7. The molecule has 35 heavy (non-hydrogen) atoms. The van der Waals surface area contributed by atoms with Crippen molar-refractivity contribution in [3.8, 4) is 0 Å². The fourth-order valence-electron chi connectivity index (χ4n) is 10.8. The molecule has 4 saturated carbocycles. The lowest BCUT2D eigenvalue weighted by atomic mass is 9.33. The Morgan fingerprint density at radius 1 is 0.943 bits per heavy atom. The zero-order valence-electron chi connectivity index (χ0n) is 22.7. The fourth-order valence-corrected chi connectivity index (χ4v) is 10.8. The number of rotatable bonds is 2. The SMILES string of the molecule is CC1(C)CC[C@]2(C(=O)O)CC[C@]3(C)C(=CC[C@@H]4[C@@]5(C)C[C@H](O)[C@H](O)[C@@](C)(CO)C5CC[C@]43C)[C@H]2C1. The van der Waals surface area contributed by atoms with Gasteiger partial charge >= 0.3 is 5.97 Å². The van der Waals surface area contributed by atoms with Gasteiger partial charge in [0.05, 0.1) is 24.2 Å². The first-order valence-electron chi connectivity index (χ1n) is 14.0. The Hall–Kier alpha value is -0.910. The van der Waals surface area contributed by atoms with Crippen molar-refractivity contribution in [3.63, 3.8) is 0 Å². The minimum atomic E-state index is -0.907. The summed E-state index contributed by atoms with van der Waals surface area (Å²) in [5.74, 6) is -0.0472. The molecule has 0 aliphatic heterocycles. The maximum absolute atomic E-state index is 12.8. The number of carboxylic acid groups (broad SMARTS) is 1. The average Bonchev–Trinajstić information content (AvgIpc) is 2.77. The molecule has 0 bridgehead atoms. The molecule has 0 heterocycles. The molecule has 5 nitrogen and oxygen atoms in total.